The van der Waals surface area contributed by atoms with Crippen LogP contribution in [0.5, 0.6) is 0 Å². The van der Waals surface area contributed by atoms with Crippen molar-refractivity contribution in [2.24, 2.45) is 0 Å². The minimum absolute atomic E-state index is 0.000163. The van der Waals surface area contributed by atoms with Crippen LogP contribution in [0.1, 0.15) is 29.2 Å². The maximum atomic E-state index is 12.5. The number of H-pyrrole nitrogens is 1. The number of hydrogen-bond acceptors (Lipinski definition) is 5. The van der Waals surface area contributed by atoms with Crippen molar-refractivity contribution >= 4 is 17.3 Å². The van der Waals surface area contributed by atoms with Crippen LogP contribution in [0, 0.1) is 0 Å². The fraction of sp³-hybridized carbons (Fsp3) is 0.312. The van der Waals surface area contributed by atoms with Crippen LogP contribution >= 0.6 is 0 Å². The number of anilines is 2. The highest BCUT2D eigenvalue weighted by molar-refractivity contribution is 6.02. The number of nitrogen functional groups attached to an aromatic ring is 1. The van der Waals surface area contributed by atoms with Crippen molar-refractivity contribution in [3.63, 3.8) is 0 Å². The lowest BCUT2D eigenvalue weighted by Crippen LogP contribution is -2.38. The van der Waals surface area contributed by atoms with E-state index in [1.54, 1.807) is 11.9 Å². The largest absolute Gasteiger partial charge is 0.384 e. The van der Waals surface area contributed by atoms with Crippen LogP contribution in [0.4, 0.5) is 11.5 Å². The molecule has 7 nitrogen and oxygen atoms in total. The van der Waals surface area contributed by atoms with E-state index >= 15 is 0 Å². The molecule has 1 aromatic heterocycles. The highest BCUT2D eigenvalue weighted by Crippen LogP contribution is 2.35. The summed E-state index contributed by atoms with van der Waals surface area (Å²) in [5.74, 6) is -0.447. The molecular formula is C16H18N4O3. The smallest absolute Gasteiger partial charge is 0.330 e. The van der Waals surface area contributed by atoms with E-state index in [1.807, 2.05) is 30.3 Å². The summed E-state index contributed by atoms with van der Waals surface area (Å²) in [6.07, 6.45) is 1.65. The Hall–Kier alpha value is -2.83. The maximum Gasteiger partial charge on any atom is 0.330 e. The summed E-state index contributed by atoms with van der Waals surface area (Å²) in [6.45, 7) is 0.000163. The standard InChI is InChI=1S/C16H18N4O3/c1-19(10-5-3-2-4-6-10)9-12(21)13-14(17)20(11-7-8-11)16(23)18-15(13)22/h2-6,11H,7-9,17H2,1H3,(H,18,22,23). The Bertz CT molecular complexity index is 850. The predicted molar refractivity (Wildman–Crippen MR) is 88.0 cm³/mol. The molecule has 0 aliphatic heterocycles. The van der Waals surface area contributed by atoms with Gasteiger partial charge < -0.3 is 10.6 Å². The molecule has 1 aromatic carbocycles. The van der Waals surface area contributed by atoms with E-state index in [4.69, 9.17) is 5.73 Å². The number of benzene rings is 1. The lowest BCUT2D eigenvalue weighted by atomic mass is 10.1. The first-order chi connectivity index (χ1) is 11.0. The first-order valence-electron chi connectivity index (χ1n) is 7.42. The summed E-state index contributed by atoms with van der Waals surface area (Å²) in [5, 5.41) is 0. The van der Waals surface area contributed by atoms with Gasteiger partial charge in [0.2, 0.25) is 0 Å². The Morgan fingerprint density at radius 1 is 1.30 bits per heavy atom. The predicted octanol–water partition coefficient (Wildman–Crippen LogP) is 0.773. The number of likely N-dealkylation sites (N-methyl/N-ethyl adjacent to an activating group) is 1. The van der Waals surface area contributed by atoms with Gasteiger partial charge in [-0.3, -0.25) is 19.1 Å². The van der Waals surface area contributed by atoms with Crippen molar-refractivity contribution < 1.29 is 4.79 Å². The second kappa shape index (κ2) is 5.75. The topological polar surface area (TPSA) is 101 Å². The molecule has 23 heavy (non-hydrogen) atoms. The third kappa shape index (κ3) is 2.90. The molecule has 1 saturated carbocycles. The van der Waals surface area contributed by atoms with E-state index in [1.165, 1.54) is 4.57 Å². The molecule has 0 unspecified atom stereocenters. The van der Waals surface area contributed by atoms with Gasteiger partial charge in [0.15, 0.2) is 5.78 Å². The number of ketones is 1. The van der Waals surface area contributed by atoms with Gasteiger partial charge in [0, 0.05) is 18.8 Å². The molecule has 1 fully saturated rings. The Morgan fingerprint density at radius 2 is 1.96 bits per heavy atom. The third-order valence-corrected chi connectivity index (χ3v) is 3.95. The van der Waals surface area contributed by atoms with Crippen LogP contribution in [0.15, 0.2) is 39.9 Å². The number of Topliss-reactive ketones (excluding diaryl/α,β-unsaturated/α-hetero) is 1. The number of carbonyl (C=O) groups is 1. The molecule has 120 valence electrons. The van der Waals surface area contributed by atoms with E-state index in [9.17, 15) is 14.4 Å². The van der Waals surface area contributed by atoms with Gasteiger partial charge >= 0.3 is 5.69 Å². The molecule has 0 amide bonds. The van der Waals surface area contributed by atoms with Gasteiger partial charge in [0.25, 0.3) is 5.56 Å². The number of carbonyl (C=O) groups excluding carboxylic acids is 1. The molecule has 7 heteroatoms. The van der Waals surface area contributed by atoms with Crippen LogP contribution in [-0.2, 0) is 0 Å². The van der Waals surface area contributed by atoms with Crippen LogP contribution in [0.3, 0.4) is 0 Å². The molecule has 1 aliphatic carbocycles. The number of aromatic nitrogens is 2. The Labute approximate surface area is 132 Å². The zero-order valence-corrected chi connectivity index (χ0v) is 12.8. The van der Waals surface area contributed by atoms with E-state index in [2.05, 4.69) is 4.98 Å². The molecule has 2 aromatic rings. The van der Waals surface area contributed by atoms with Crippen molar-refractivity contribution in [2.45, 2.75) is 18.9 Å². The molecule has 0 radical (unpaired) electrons. The lowest BCUT2D eigenvalue weighted by molar-refractivity contribution is 0.0999. The maximum absolute atomic E-state index is 12.5. The van der Waals surface area contributed by atoms with E-state index in [-0.39, 0.29) is 24.0 Å². The number of nitrogens with one attached hydrogen (secondary N) is 1. The molecule has 1 aliphatic rings. The van der Waals surface area contributed by atoms with Gasteiger partial charge in [-0.1, -0.05) is 18.2 Å². The fourth-order valence-corrected chi connectivity index (χ4v) is 2.60. The van der Waals surface area contributed by atoms with Crippen LogP contribution in [-0.4, -0.2) is 28.9 Å². The first-order valence-corrected chi connectivity index (χ1v) is 7.42. The van der Waals surface area contributed by atoms with Crippen LogP contribution < -0.4 is 21.9 Å². The average molecular weight is 314 g/mol. The van der Waals surface area contributed by atoms with E-state index in [0.29, 0.717) is 0 Å². The molecule has 0 saturated heterocycles. The minimum atomic E-state index is -0.726. The van der Waals surface area contributed by atoms with Crippen molar-refractivity contribution in [1.29, 1.82) is 0 Å². The summed E-state index contributed by atoms with van der Waals surface area (Å²) in [6, 6.07) is 9.33. The normalized spacial score (nSPS) is 13.8. The van der Waals surface area contributed by atoms with Crippen LogP contribution in [0.25, 0.3) is 0 Å². The summed E-state index contributed by atoms with van der Waals surface area (Å²) in [4.78, 5) is 40.3. The van der Waals surface area contributed by atoms with Crippen molar-refractivity contribution in [1.82, 2.24) is 9.55 Å². The summed E-state index contributed by atoms with van der Waals surface area (Å²) in [5.41, 5.74) is 5.38. The average Bonchev–Trinajstić information content (AvgIpc) is 3.32. The number of nitrogens with two attached hydrogens (primary N) is 1. The SMILES string of the molecule is CN(CC(=O)c1c(N)n(C2CC2)c(=O)[nH]c1=O)c1ccccc1. The van der Waals surface area contributed by atoms with Crippen molar-refractivity contribution in [2.75, 3.05) is 24.2 Å². The number of nitrogens with zero attached hydrogens (tertiary/aromatic N) is 2. The Balaban J connectivity index is 1.92. The molecular weight excluding hydrogens is 296 g/mol. The number of aromatic amines is 1. The zero-order chi connectivity index (χ0) is 16.6. The molecule has 0 atom stereocenters. The quantitative estimate of drug-likeness (QED) is 0.794. The highest BCUT2D eigenvalue weighted by atomic mass is 16.2. The Kier molecular flexibility index (Phi) is 3.77. The number of para-hydroxylation sites is 1. The molecule has 0 spiro atoms. The lowest BCUT2D eigenvalue weighted by Gasteiger charge is -2.19. The molecule has 3 rings (SSSR count). The zero-order valence-electron chi connectivity index (χ0n) is 12.8. The van der Waals surface area contributed by atoms with Crippen molar-refractivity contribution in [3.8, 4) is 0 Å². The van der Waals surface area contributed by atoms with Gasteiger partial charge in [0.05, 0.1) is 6.54 Å². The van der Waals surface area contributed by atoms with E-state index < -0.39 is 17.0 Å². The van der Waals surface area contributed by atoms with Gasteiger partial charge in [-0.25, -0.2) is 4.79 Å². The molecule has 0 bridgehead atoms. The monoisotopic (exact) mass is 314 g/mol. The van der Waals surface area contributed by atoms with Gasteiger partial charge in [0.1, 0.15) is 11.4 Å². The second-order valence-electron chi connectivity index (χ2n) is 5.74. The number of rotatable bonds is 5. The summed E-state index contributed by atoms with van der Waals surface area (Å²) >= 11 is 0. The Morgan fingerprint density at radius 3 is 2.57 bits per heavy atom. The summed E-state index contributed by atoms with van der Waals surface area (Å²) in [7, 11) is 1.76. The highest BCUT2D eigenvalue weighted by Gasteiger charge is 2.30. The molecule has 3 N–H and O–H groups in total. The van der Waals surface area contributed by atoms with Crippen LogP contribution in [0.2, 0.25) is 0 Å². The number of hydrogen-bond donors (Lipinski definition) is 2. The summed E-state index contributed by atoms with van der Waals surface area (Å²) < 4.78 is 1.32. The van der Waals surface area contributed by atoms with Gasteiger partial charge in [-0.15, -0.1) is 0 Å². The van der Waals surface area contributed by atoms with Gasteiger partial charge in [-0.2, -0.15) is 0 Å². The second-order valence-corrected chi connectivity index (χ2v) is 5.74. The van der Waals surface area contributed by atoms with Crippen molar-refractivity contribution in [3.05, 3.63) is 56.7 Å². The first kappa shape index (κ1) is 15.1. The van der Waals surface area contributed by atoms with E-state index in [0.717, 1.165) is 18.5 Å². The fourth-order valence-electron chi connectivity index (χ4n) is 2.60. The molecule has 1 heterocycles. The third-order valence-electron chi connectivity index (χ3n) is 3.95. The minimum Gasteiger partial charge on any atom is -0.384 e. The van der Waals surface area contributed by atoms with Gasteiger partial charge in [-0.05, 0) is 25.0 Å².